The maximum absolute atomic E-state index is 14.3. The Morgan fingerprint density at radius 1 is 1.05 bits per heavy atom. The standard InChI is InChI=1S/C27H24Br2FN3O4/c1-32(16-17-5-2-3-7-23(17)37-24-13-10-19(29)15-21(24)30)27(36)25(34)31-22-6-4-14-33(26(22)35)20-11-8-18(28)9-12-20/h2-3,5,7-13,15,22H,4,6,14,16H2,1H3,(H,31,34). The van der Waals surface area contributed by atoms with Crippen LogP contribution in [-0.2, 0) is 20.9 Å². The van der Waals surface area contributed by atoms with Gasteiger partial charge in [0.1, 0.15) is 11.8 Å². The van der Waals surface area contributed by atoms with Gasteiger partial charge in [0.2, 0.25) is 5.91 Å². The van der Waals surface area contributed by atoms with Crippen molar-refractivity contribution in [2.75, 3.05) is 18.5 Å². The minimum absolute atomic E-state index is 0.0357. The fourth-order valence-electron chi connectivity index (χ4n) is 4.02. The van der Waals surface area contributed by atoms with Gasteiger partial charge in [-0.2, -0.15) is 0 Å². The minimum Gasteiger partial charge on any atom is -0.454 e. The monoisotopic (exact) mass is 631 g/mol. The van der Waals surface area contributed by atoms with E-state index < -0.39 is 23.7 Å². The average Bonchev–Trinajstić information content (AvgIpc) is 2.88. The SMILES string of the molecule is CN(Cc1ccccc1Oc1ccc(Br)cc1F)C(=O)C(=O)NC1CCCN(c2ccc(Br)cc2)C1=O. The molecule has 3 aromatic rings. The number of carbonyl (C=O) groups is 3. The number of piperidine rings is 1. The first-order chi connectivity index (χ1) is 17.7. The van der Waals surface area contributed by atoms with E-state index in [1.807, 2.05) is 24.3 Å². The molecule has 0 bridgehead atoms. The number of halogens is 3. The molecule has 10 heteroatoms. The van der Waals surface area contributed by atoms with Crippen molar-refractivity contribution < 1.29 is 23.5 Å². The summed E-state index contributed by atoms with van der Waals surface area (Å²) in [7, 11) is 1.48. The third-order valence-corrected chi connectivity index (χ3v) is 6.94. The molecule has 1 aliphatic heterocycles. The molecule has 7 nitrogen and oxygen atoms in total. The van der Waals surface area contributed by atoms with E-state index >= 15 is 0 Å². The van der Waals surface area contributed by atoms with Gasteiger partial charge < -0.3 is 19.9 Å². The van der Waals surface area contributed by atoms with Gasteiger partial charge in [0.15, 0.2) is 11.6 Å². The van der Waals surface area contributed by atoms with Gasteiger partial charge in [-0.1, -0.05) is 50.1 Å². The van der Waals surface area contributed by atoms with Gasteiger partial charge in [-0.3, -0.25) is 14.4 Å². The van der Waals surface area contributed by atoms with Crippen molar-refractivity contribution in [3.8, 4) is 11.5 Å². The van der Waals surface area contributed by atoms with Crippen LogP contribution in [0.2, 0.25) is 0 Å². The van der Waals surface area contributed by atoms with E-state index in [4.69, 9.17) is 4.74 Å². The molecule has 1 saturated heterocycles. The first-order valence-corrected chi connectivity index (χ1v) is 13.1. The second-order valence-corrected chi connectivity index (χ2v) is 10.4. The molecule has 3 amide bonds. The quantitative estimate of drug-likeness (QED) is 0.369. The molecular formula is C27H24Br2FN3O4. The summed E-state index contributed by atoms with van der Waals surface area (Å²) in [6.45, 7) is 0.584. The summed E-state index contributed by atoms with van der Waals surface area (Å²) in [6.07, 6.45) is 1.14. The number of hydrogen-bond acceptors (Lipinski definition) is 4. The molecule has 192 valence electrons. The Bertz CT molecular complexity index is 1320. The Kier molecular flexibility index (Phi) is 8.60. The van der Waals surface area contributed by atoms with Crippen molar-refractivity contribution in [3.63, 3.8) is 0 Å². The number of hydrogen-bond donors (Lipinski definition) is 1. The number of nitrogens with zero attached hydrogens (tertiary/aromatic N) is 2. The summed E-state index contributed by atoms with van der Waals surface area (Å²) in [5, 5.41) is 2.60. The maximum atomic E-state index is 14.3. The van der Waals surface area contributed by atoms with Crippen molar-refractivity contribution in [3.05, 3.63) is 87.1 Å². The predicted molar refractivity (Wildman–Crippen MR) is 145 cm³/mol. The lowest BCUT2D eigenvalue weighted by Crippen LogP contribution is -2.55. The summed E-state index contributed by atoms with van der Waals surface area (Å²) < 4.78 is 21.5. The normalized spacial score (nSPS) is 15.3. The molecule has 0 aromatic heterocycles. The van der Waals surface area contributed by atoms with Gasteiger partial charge in [-0.25, -0.2) is 4.39 Å². The highest BCUT2D eigenvalue weighted by molar-refractivity contribution is 9.10. The van der Waals surface area contributed by atoms with Gasteiger partial charge in [0.25, 0.3) is 0 Å². The molecule has 0 spiro atoms. The molecule has 3 aromatic carbocycles. The fraction of sp³-hybridized carbons (Fsp3) is 0.222. The van der Waals surface area contributed by atoms with Crippen LogP contribution in [0, 0.1) is 5.82 Å². The molecule has 1 N–H and O–H groups in total. The number of anilines is 1. The van der Waals surface area contributed by atoms with Gasteiger partial charge in [-0.15, -0.1) is 0 Å². The molecule has 0 aliphatic carbocycles. The number of rotatable bonds is 6. The van der Waals surface area contributed by atoms with Crippen molar-refractivity contribution >= 4 is 55.3 Å². The zero-order valence-corrected chi connectivity index (χ0v) is 23.1. The average molecular weight is 633 g/mol. The Hall–Kier alpha value is -3.24. The fourth-order valence-corrected chi connectivity index (χ4v) is 4.62. The topological polar surface area (TPSA) is 79.0 Å². The molecular weight excluding hydrogens is 609 g/mol. The molecule has 37 heavy (non-hydrogen) atoms. The first-order valence-electron chi connectivity index (χ1n) is 11.6. The van der Waals surface area contributed by atoms with Crippen LogP contribution in [0.4, 0.5) is 10.1 Å². The van der Waals surface area contributed by atoms with Gasteiger partial charge >= 0.3 is 11.8 Å². The second-order valence-electron chi connectivity index (χ2n) is 8.58. The van der Waals surface area contributed by atoms with Crippen molar-refractivity contribution in [2.45, 2.75) is 25.4 Å². The molecule has 0 saturated carbocycles. The third-order valence-electron chi connectivity index (χ3n) is 5.92. The third kappa shape index (κ3) is 6.56. The number of amides is 3. The van der Waals surface area contributed by atoms with Crippen LogP contribution in [0.25, 0.3) is 0 Å². The highest BCUT2D eigenvalue weighted by Gasteiger charge is 2.33. The highest BCUT2D eigenvalue weighted by Crippen LogP contribution is 2.30. The summed E-state index contributed by atoms with van der Waals surface area (Å²) in [5.41, 5.74) is 1.32. The number of ether oxygens (including phenoxy) is 1. The van der Waals surface area contributed by atoms with E-state index in [0.717, 1.165) is 10.2 Å². The number of benzene rings is 3. The van der Waals surface area contributed by atoms with Crippen LogP contribution in [0.15, 0.2) is 75.7 Å². The lowest BCUT2D eigenvalue weighted by Gasteiger charge is -2.32. The zero-order valence-electron chi connectivity index (χ0n) is 19.9. The second kappa shape index (κ2) is 11.9. The zero-order chi connectivity index (χ0) is 26.5. The van der Waals surface area contributed by atoms with Crippen molar-refractivity contribution in [1.82, 2.24) is 10.2 Å². The Morgan fingerprint density at radius 2 is 1.76 bits per heavy atom. The number of carbonyl (C=O) groups excluding carboxylic acids is 3. The van der Waals surface area contributed by atoms with Gasteiger partial charge in [-0.05, 0) is 61.4 Å². The predicted octanol–water partition coefficient (Wildman–Crippen LogP) is 5.41. The van der Waals surface area contributed by atoms with Crippen LogP contribution < -0.4 is 15.0 Å². The lowest BCUT2D eigenvalue weighted by molar-refractivity contribution is -0.146. The van der Waals surface area contributed by atoms with E-state index in [9.17, 15) is 18.8 Å². The summed E-state index contributed by atoms with van der Waals surface area (Å²) in [4.78, 5) is 41.5. The molecule has 1 fully saturated rings. The molecule has 1 unspecified atom stereocenters. The molecule has 1 heterocycles. The maximum Gasteiger partial charge on any atom is 0.311 e. The number of nitrogens with one attached hydrogen (secondary N) is 1. The number of para-hydroxylation sites is 1. The smallest absolute Gasteiger partial charge is 0.311 e. The Balaban J connectivity index is 1.40. The van der Waals surface area contributed by atoms with Crippen LogP contribution in [0.3, 0.4) is 0 Å². The van der Waals surface area contributed by atoms with Crippen LogP contribution in [0.5, 0.6) is 11.5 Å². The molecule has 4 rings (SSSR count). The van der Waals surface area contributed by atoms with Crippen molar-refractivity contribution in [1.29, 1.82) is 0 Å². The largest absolute Gasteiger partial charge is 0.454 e. The van der Waals surface area contributed by atoms with Crippen molar-refractivity contribution in [2.24, 2.45) is 0 Å². The Labute approximate surface area is 230 Å². The van der Waals surface area contributed by atoms with E-state index in [1.54, 1.807) is 35.2 Å². The van der Waals surface area contributed by atoms with E-state index in [-0.39, 0.29) is 18.2 Å². The minimum atomic E-state index is -0.865. The van der Waals surface area contributed by atoms with Crippen LogP contribution >= 0.6 is 31.9 Å². The van der Waals surface area contributed by atoms with Gasteiger partial charge in [0.05, 0.1) is 0 Å². The van der Waals surface area contributed by atoms with E-state index in [1.165, 1.54) is 24.1 Å². The number of likely N-dealkylation sites (N-methyl/N-ethyl adjacent to an activating group) is 1. The summed E-state index contributed by atoms with van der Waals surface area (Å²) in [5.74, 6) is -2.06. The highest BCUT2D eigenvalue weighted by atomic mass is 79.9. The van der Waals surface area contributed by atoms with E-state index in [0.29, 0.717) is 35.2 Å². The summed E-state index contributed by atoms with van der Waals surface area (Å²) >= 11 is 6.59. The molecule has 1 atom stereocenters. The van der Waals surface area contributed by atoms with Crippen LogP contribution in [-0.4, -0.2) is 42.3 Å². The summed E-state index contributed by atoms with van der Waals surface area (Å²) in [6, 6.07) is 17.9. The van der Waals surface area contributed by atoms with Gasteiger partial charge in [0, 0.05) is 40.3 Å². The molecule has 1 aliphatic rings. The van der Waals surface area contributed by atoms with E-state index in [2.05, 4.69) is 37.2 Å². The van der Waals surface area contributed by atoms with Crippen LogP contribution in [0.1, 0.15) is 18.4 Å². The molecule has 0 radical (unpaired) electrons. The Morgan fingerprint density at radius 3 is 2.49 bits per heavy atom. The lowest BCUT2D eigenvalue weighted by atomic mass is 10.0. The first kappa shape index (κ1) is 26.8.